The van der Waals surface area contributed by atoms with Gasteiger partial charge in [0.2, 0.25) is 5.91 Å². The number of H-pyrrole nitrogens is 1. The average molecular weight is 448 g/mol. The number of likely N-dealkylation sites (tertiary alicyclic amines) is 1. The molecule has 2 aliphatic heterocycles. The van der Waals surface area contributed by atoms with E-state index >= 15 is 0 Å². The Bertz CT molecular complexity index is 1230. The van der Waals surface area contributed by atoms with Crippen LogP contribution < -0.4 is 5.56 Å². The fourth-order valence-electron chi connectivity index (χ4n) is 5.22. The van der Waals surface area contributed by atoms with Crippen LogP contribution in [0.2, 0.25) is 0 Å². The van der Waals surface area contributed by atoms with E-state index in [1.807, 2.05) is 23.1 Å². The summed E-state index contributed by atoms with van der Waals surface area (Å²) in [4.78, 5) is 35.1. The molecule has 0 radical (unpaired) electrons. The molecule has 174 valence electrons. The molecule has 1 saturated heterocycles. The van der Waals surface area contributed by atoms with Gasteiger partial charge in [-0.25, -0.2) is 9.50 Å². The third kappa shape index (κ3) is 4.34. The SMILES string of the molecule is Cc1cccc(CC(=O)N2CCC(c3cc4nc5c(c(=O)n4[nH]3)CN(C(C)C)CC5)CC2)c1. The number of aryl methyl sites for hydroxylation is 1. The van der Waals surface area contributed by atoms with Crippen molar-refractivity contribution in [3.8, 4) is 0 Å². The van der Waals surface area contributed by atoms with E-state index in [9.17, 15) is 9.59 Å². The van der Waals surface area contributed by atoms with Gasteiger partial charge in [0, 0.05) is 56.3 Å². The van der Waals surface area contributed by atoms with Crippen LogP contribution in [0.3, 0.4) is 0 Å². The molecule has 1 amide bonds. The lowest BCUT2D eigenvalue weighted by molar-refractivity contribution is -0.131. The number of piperidine rings is 1. The molecule has 0 saturated carbocycles. The zero-order chi connectivity index (χ0) is 23.1. The van der Waals surface area contributed by atoms with E-state index in [1.54, 1.807) is 4.52 Å². The maximum Gasteiger partial charge on any atom is 0.277 e. The molecule has 1 N–H and O–H groups in total. The Hall–Kier alpha value is -2.93. The van der Waals surface area contributed by atoms with Gasteiger partial charge in [-0.1, -0.05) is 29.8 Å². The molecule has 4 heterocycles. The third-order valence-corrected chi connectivity index (χ3v) is 7.27. The molecular formula is C26H33N5O2. The fourth-order valence-corrected chi connectivity index (χ4v) is 5.22. The van der Waals surface area contributed by atoms with Crippen LogP contribution in [-0.2, 0) is 24.2 Å². The first-order valence-electron chi connectivity index (χ1n) is 12.1. The number of nitrogens with one attached hydrogen (secondary N) is 1. The van der Waals surface area contributed by atoms with Crippen molar-refractivity contribution in [1.82, 2.24) is 24.4 Å². The number of rotatable bonds is 4. The van der Waals surface area contributed by atoms with E-state index in [1.165, 1.54) is 5.56 Å². The van der Waals surface area contributed by atoms with E-state index in [0.29, 0.717) is 30.6 Å². The van der Waals surface area contributed by atoms with E-state index in [4.69, 9.17) is 4.98 Å². The van der Waals surface area contributed by atoms with E-state index in [0.717, 1.165) is 61.4 Å². The number of aromatic amines is 1. The molecule has 0 aliphatic carbocycles. The maximum absolute atomic E-state index is 13.2. The van der Waals surface area contributed by atoms with Crippen molar-refractivity contribution in [2.45, 2.75) is 65.0 Å². The fraction of sp³-hybridized carbons (Fsp3) is 0.500. The van der Waals surface area contributed by atoms with Gasteiger partial charge in [-0.15, -0.1) is 0 Å². The van der Waals surface area contributed by atoms with Crippen molar-refractivity contribution in [2.24, 2.45) is 0 Å². The molecule has 1 aromatic carbocycles. The van der Waals surface area contributed by atoms with Crippen molar-refractivity contribution in [3.05, 3.63) is 68.8 Å². The molecule has 3 aromatic rings. The molecule has 0 spiro atoms. The van der Waals surface area contributed by atoms with Crippen molar-refractivity contribution in [2.75, 3.05) is 19.6 Å². The van der Waals surface area contributed by atoms with Crippen molar-refractivity contribution in [3.63, 3.8) is 0 Å². The van der Waals surface area contributed by atoms with Crippen LogP contribution in [0.15, 0.2) is 35.1 Å². The van der Waals surface area contributed by atoms with Gasteiger partial charge in [0.25, 0.3) is 5.56 Å². The number of amides is 1. The predicted molar refractivity (Wildman–Crippen MR) is 129 cm³/mol. The lowest BCUT2D eigenvalue weighted by atomic mass is 9.93. The first-order chi connectivity index (χ1) is 15.9. The van der Waals surface area contributed by atoms with Gasteiger partial charge in [0.15, 0.2) is 5.65 Å². The molecule has 0 bridgehead atoms. The van der Waals surface area contributed by atoms with Crippen molar-refractivity contribution >= 4 is 11.6 Å². The van der Waals surface area contributed by atoms with Crippen LogP contribution in [0.4, 0.5) is 0 Å². The van der Waals surface area contributed by atoms with Crippen LogP contribution in [0.25, 0.3) is 5.65 Å². The Balaban J connectivity index is 1.28. The van der Waals surface area contributed by atoms with Crippen LogP contribution in [0.1, 0.15) is 60.7 Å². The summed E-state index contributed by atoms with van der Waals surface area (Å²) in [6.45, 7) is 9.48. The molecular weight excluding hydrogens is 414 g/mol. The topological polar surface area (TPSA) is 73.7 Å². The largest absolute Gasteiger partial charge is 0.342 e. The highest BCUT2D eigenvalue weighted by molar-refractivity contribution is 5.79. The van der Waals surface area contributed by atoms with E-state index in [2.05, 4.69) is 42.9 Å². The maximum atomic E-state index is 13.2. The summed E-state index contributed by atoms with van der Waals surface area (Å²) in [5.74, 6) is 0.495. The molecule has 2 aliphatic rings. The van der Waals surface area contributed by atoms with Crippen LogP contribution in [-0.4, -0.2) is 56.0 Å². The number of carbonyl (C=O) groups is 1. The summed E-state index contributed by atoms with van der Waals surface area (Å²) < 4.78 is 1.62. The molecule has 0 atom stereocenters. The molecule has 1 fully saturated rings. The smallest absolute Gasteiger partial charge is 0.277 e. The highest BCUT2D eigenvalue weighted by atomic mass is 16.2. The molecule has 5 rings (SSSR count). The Morgan fingerprint density at radius 1 is 1.18 bits per heavy atom. The predicted octanol–water partition coefficient (Wildman–Crippen LogP) is 3.05. The summed E-state index contributed by atoms with van der Waals surface area (Å²) in [7, 11) is 0. The van der Waals surface area contributed by atoms with Gasteiger partial charge >= 0.3 is 0 Å². The summed E-state index contributed by atoms with van der Waals surface area (Å²) in [5.41, 5.74) is 5.80. The minimum Gasteiger partial charge on any atom is -0.342 e. The number of hydrogen-bond acceptors (Lipinski definition) is 4. The molecule has 33 heavy (non-hydrogen) atoms. The first kappa shape index (κ1) is 21.9. The van der Waals surface area contributed by atoms with Gasteiger partial charge in [-0.3, -0.25) is 19.6 Å². The Labute approximate surface area is 194 Å². The number of aromatic nitrogens is 3. The lowest BCUT2D eigenvalue weighted by Crippen LogP contribution is -2.40. The number of nitrogens with zero attached hydrogens (tertiary/aromatic N) is 4. The Morgan fingerprint density at radius 3 is 2.70 bits per heavy atom. The van der Waals surface area contributed by atoms with Gasteiger partial charge < -0.3 is 4.90 Å². The van der Waals surface area contributed by atoms with Crippen LogP contribution in [0, 0.1) is 6.92 Å². The third-order valence-electron chi connectivity index (χ3n) is 7.27. The molecule has 7 heteroatoms. The van der Waals surface area contributed by atoms with E-state index in [-0.39, 0.29) is 11.5 Å². The number of carbonyl (C=O) groups excluding carboxylic acids is 1. The number of benzene rings is 1. The lowest BCUT2D eigenvalue weighted by Gasteiger charge is -2.31. The second-order valence-electron chi connectivity index (χ2n) is 9.88. The Morgan fingerprint density at radius 2 is 1.97 bits per heavy atom. The summed E-state index contributed by atoms with van der Waals surface area (Å²) in [5, 5.41) is 3.34. The quantitative estimate of drug-likeness (QED) is 0.667. The second-order valence-corrected chi connectivity index (χ2v) is 9.88. The minimum atomic E-state index is 0.0253. The van der Waals surface area contributed by atoms with Gasteiger partial charge in [0.1, 0.15) is 0 Å². The van der Waals surface area contributed by atoms with E-state index < -0.39 is 0 Å². The second kappa shape index (κ2) is 8.78. The minimum absolute atomic E-state index is 0.0253. The normalized spacial score (nSPS) is 17.6. The highest BCUT2D eigenvalue weighted by Gasteiger charge is 2.27. The van der Waals surface area contributed by atoms with Crippen LogP contribution >= 0.6 is 0 Å². The summed E-state index contributed by atoms with van der Waals surface area (Å²) in [6, 6.07) is 10.6. The first-order valence-corrected chi connectivity index (χ1v) is 12.1. The van der Waals surface area contributed by atoms with Crippen LogP contribution in [0.5, 0.6) is 0 Å². The number of hydrogen-bond donors (Lipinski definition) is 1. The van der Waals surface area contributed by atoms with Gasteiger partial charge in [0.05, 0.1) is 17.7 Å². The number of fused-ring (bicyclic) bond motifs is 2. The standard InChI is InChI=1S/C26H33N5O2/c1-17(2)30-12-9-22-21(16-30)26(33)31-24(27-22)15-23(28-31)20-7-10-29(11-8-20)25(32)14-19-6-4-5-18(3)13-19/h4-6,13,15,17,20,28H,7-12,14,16H2,1-3H3. The molecule has 2 aromatic heterocycles. The zero-order valence-corrected chi connectivity index (χ0v) is 19.8. The zero-order valence-electron chi connectivity index (χ0n) is 19.8. The summed E-state index contributed by atoms with van der Waals surface area (Å²) in [6.07, 6.45) is 3.06. The Kier molecular flexibility index (Phi) is 5.83. The average Bonchev–Trinajstić information content (AvgIpc) is 3.23. The molecule has 0 unspecified atom stereocenters. The highest BCUT2D eigenvalue weighted by Crippen LogP contribution is 2.28. The van der Waals surface area contributed by atoms with Crippen molar-refractivity contribution in [1.29, 1.82) is 0 Å². The summed E-state index contributed by atoms with van der Waals surface area (Å²) >= 11 is 0. The van der Waals surface area contributed by atoms with Gasteiger partial charge in [-0.2, -0.15) is 0 Å². The monoisotopic (exact) mass is 447 g/mol. The molecule has 7 nitrogen and oxygen atoms in total. The van der Waals surface area contributed by atoms with Gasteiger partial charge in [-0.05, 0) is 39.2 Å². The van der Waals surface area contributed by atoms with Crippen molar-refractivity contribution < 1.29 is 4.79 Å².